The lowest BCUT2D eigenvalue weighted by Gasteiger charge is -2.12. The van der Waals surface area contributed by atoms with Crippen molar-refractivity contribution in [3.05, 3.63) is 21.9 Å². The van der Waals surface area contributed by atoms with Crippen LogP contribution in [0.2, 0.25) is 0 Å². The van der Waals surface area contributed by atoms with Gasteiger partial charge < -0.3 is 19.6 Å². The molecule has 0 bridgehead atoms. The highest BCUT2D eigenvalue weighted by atomic mass is 35.5. The zero-order chi connectivity index (χ0) is 13.9. The number of alkyl halides is 4. The molecule has 6 nitrogen and oxygen atoms in total. The smallest absolute Gasteiger partial charge is 0.489 e. The fourth-order valence-corrected chi connectivity index (χ4v) is 1.44. The molecule has 0 N–H and O–H groups in total. The number of methoxy groups -OCH3 is 1. The summed E-state index contributed by atoms with van der Waals surface area (Å²) in [7, 11) is 1.05. The van der Waals surface area contributed by atoms with E-state index >= 15 is 0 Å². The third kappa shape index (κ3) is 3.13. The maximum Gasteiger partial charge on any atom is 0.573 e. The van der Waals surface area contributed by atoms with Gasteiger partial charge in [-0.15, -0.1) is 24.8 Å². The average molecular weight is 287 g/mol. The third-order valence-corrected chi connectivity index (χ3v) is 2.08. The van der Waals surface area contributed by atoms with Gasteiger partial charge >= 0.3 is 12.2 Å². The molecule has 0 saturated heterocycles. The molecule has 18 heavy (non-hydrogen) atoms. The Balaban J connectivity index is 3.34. The molecule has 1 aromatic heterocycles. The summed E-state index contributed by atoms with van der Waals surface area (Å²) < 4.78 is 44.6. The number of nitro groups is 1. The molecule has 0 fully saturated rings. The minimum Gasteiger partial charge on any atom is -0.489 e. The van der Waals surface area contributed by atoms with Crippen LogP contribution in [-0.2, 0) is 5.88 Å². The Morgan fingerprint density at radius 1 is 1.56 bits per heavy atom. The van der Waals surface area contributed by atoms with Crippen molar-refractivity contribution in [2.75, 3.05) is 7.11 Å². The summed E-state index contributed by atoms with van der Waals surface area (Å²) in [4.78, 5) is 12.9. The van der Waals surface area contributed by atoms with Gasteiger partial charge in [0.25, 0.3) is 0 Å². The number of pyridine rings is 1. The predicted molar refractivity (Wildman–Crippen MR) is 53.7 cm³/mol. The van der Waals surface area contributed by atoms with E-state index in [0.717, 1.165) is 7.11 Å². The van der Waals surface area contributed by atoms with Gasteiger partial charge in [0.15, 0.2) is 11.9 Å². The van der Waals surface area contributed by atoms with Crippen LogP contribution in [0.5, 0.6) is 11.5 Å². The van der Waals surface area contributed by atoms with Gasteiger partial charge in [-0.05, 0) is 9.91 Å². The summed E-state index contributed by atoms with van der Waals surface area (Å²) >= 11 is 5.44. The van der Waals surface area contributed by atoms with Crippen LogP contribution in [-0.4, -0.2) is 23.4 Å². The maximum atomic E-state index is 12.1. The van der Waals surface area contributed by atoms with Crippen molar-refractivity contribution in [1.82, 2.24) is 4.98 Å². The van der Waals surface area contributed by atoms with Crippen LogP contribution in [0, 0.1) is 10.1 Å². The van der Waals surface area contributed by atoms with Gasteiger partial charge in [-0.3, -0.25) is 0 Å². The lowest BCUT2D eigenvalue weighted by Crippen LogP contribution is -2.18. The number of halogens is 4. The lowest BCUT2D eigenvalue weighted by atomic mass is 10.2. The number of ether oxygens (including phenoxy) is 2. The van der Waals surface area contributed by atoms with Crippen LogP contribution in [0.4, 0.5) is 19.0 Å². The summed E-state index contributed by atoms with van der Waals surface area (Å²) in [6, 6.07) is 0. The first-order chi connectivity index (χ1) is 8.30. The Kier molecular flexibility index (Phi) is 4.17. The van der Waals surface area contributed by atoms with E-state index in [9.17, 15) is 23.3 Å². The summed E-state index contributed by atoms with van der Waals surface area (Å²) in [5.74, 6) is -2.39. The molecular formula is C8H6ClF3N2O4. The van der Waals surface area contributed by atoms with Crippen LogP contribution in [0.25, 0.3) is 0 Å². The van der Waals surface area contributed by atoms with E-state index in [4.69, 9.17) is 11.6 Å². The van der Waals surface area contributed by atoms with Gasteiger partial charge in [-0.2, -0.15) is 0 Å². The molecule has 0 unspecified atom stereocenters. The maximum absolute atomic E-state index is 12.1. The lowest BCUT2D eigenvalue weighted by molar-refractivity contribution is -0.390. The van der Waals surface area contributed by atoms with Gasteiger partial charge in [0, 0.05) is 0 Å². The standard InChI is InChI=1S/C8H6ClF3N2O4/c1-17-6-4(2-9)5(18-8(10,11)12)3-13-7(6)14(15)16/h3H,2H2,1H3. The molecule has 1 heterocycles. The first-order valence-corrected chi connectivity index (χ1v) is 4.85. The van der Waals surface area contributed by atoms with E-state index < -0.39 is 34.5 Å². The monoisotopic (exact) mass is 286 g/mol. The number of hydrogen-bond acceptors (Lipinski definition) is 5. The van der Waals surface area contributed by atoms with Crippen molar-refractivity contribution >= 4 is 17.4 Å². The predicted octanol–water partition coefficient (Wildman–Crippen LogP) is 2.64. The van der Waals surface area contributed by atoms with E-state index in [1.807, 2.05) is 0 Å². The minimum absolute atomic E-state index is 0.293. The molecule has 0 aliphatic heterocycles. The Morgan fingerprint density at radius 3 is 2.56 bits per heavy atom. The molecule has 0 atom stereocenters. The second-order valence-electron chi connectivity index (χ2n) is 2.90. The molecule has 0 radical (unpaired) electrons. The first-order valence-electron chi connectivity index (χ1n) is 4.32. The van der Waals surface area contributed by atoms with Crippen LogP contribution in [0.3, 0.4) is 0 Å². The first kappa shape index (κ1) is 14.3. The van der Waals surface area contributed by atoms with Crippen molar-refractivity contribution in [1.29, 1.82) is 0 Å². The van der Waals surface area contributed by atoms with Crippen LogP contribution in [0.1, 0.15) is 5.56 Å². The van der Waals surface area contributed by atoms with E-state index in [-0.39, 0.29) is 5.56 Å². The van der Waals surface area contributed by atoms with Crippen molar-refractivity contribution in [2.45, 2.75) is 12.2 Å². The molecule has 1 rings (SSSR count). The van der Waals surface area contributed by atoms with E-state index in [2.05, 4.69) is 14.5 Å². The quantitative estimate of drug-likeness (QED) is 0.483. The number of rotatable bonds is 4. The Labute approximate surface area is 103 Å². The molecule has 0 saturated carbocycles. The molecule has 0 aromatic carbocycles. The molecule has 0 aliphatic carbocycles. The molecule has 10 heteroatoms. The largest absolute Gasteiger partial charge is 0.573 e. The van der Waals surface area contributed by atoms with Gasteiger partial charge in [0.2, 0.25) is 5.75 Å². The molecule has 1 aromatic rings. The normalized spacial score (nSPS) is 11.2. The Bertz CT molecular complexity index is 466. The van der Waals surface area contributed by atoms with Gasteiger partial charge in [0.1, 0.15) is 0 Å². The number of aromatic nitrogens is 1. The third-order valence-electron chi connectivity index (χ3n) is 1.82. The minimum atomic E-state index is -4.95. The van der Waals surface area contributed by atoms with Crippen molar-refractivity contribution in [3.63, 3.8) is 0 Å². The van der Waals surface area contributed by atoms with Crippen LogP contribution in [0.15, 0.2) is 6.20 Å². The van der Waals surface area contributed by atoms with E-state index in [1.165, 1.54) is 0 Å². The summed E-state index contributed by atoms with van der Waals surface area (Å²) in [5, 5.41) is 10.6. The number of nitrogens with zero attached hydrogens (tertiary/aromatic N) is 2. The van der Waals surface area contributed by atoms with Gasteiger partial charge in [-0.25, -0.2) is 0 Å². The van der Waals surface area contributed by atoms with Crippen LogP contribution >= 0.6 is 11.6 Å². The second-order valence-corrected chi connectivity index (χ2v) is 3.16. The fourth-order valence-electron chi connectivity index (χ4n) is 1.19. The average Bonchev–Trinajstić information content (AvgIpc) is 2.25. The van der Waals surface area contributed by atoms with Crippen molar-refractivity contribution in [2.24, 2.45) is 0 Å². The van der Waals surface area contributed by atoms with Crippen molar-refractivity contribution in [3.8, 4) is 11.5 Å². The SMILES string of the molecule is COc1c([N+](=O)[O-])ncc(OC(F)(F)F)c1CCl. The second kappa shape index (κ2) is 5.25. The fraction of sp³-hybridized carbons (Fsp3) is 0.375. The molecule has 0 aliphatic rings. The molecule has 0 spiro atoms. The van der Waals surface area contributed by atoms with E-state index in [0.29, 0.717) is 6.20 Å². The molecule has 0 amide bonds. The molecular weight excluding hydrogens is 281 g/mol. The summed E-state index contributed by atoms with van der Waals surface area (Å²) in [5.41, 5.74) is -0.293. The highest BCUT2D eigenvalue weighted by Crippen LogP contribution is 2.38. The van der Waals surface area contributed by atoms with Gasteiger partial charge in [0.05, 0.1) is 18.6 Å². The highest BCUT2D eigenvalue weighted by molar-refractivity contribution is 6.17. The summed E-state index contributed by atoms with van der Waals surface area (Å²) in [6.07, 6.45) is -4.38. The molecule has 100 valence electrons. The van der Waals surface area contributed by atoms with Gasteiger partial charge in [-0.1, -0.05) is 0 Å². The number of hydrogen-bond donors (Lipinski definition) is 0. The topological polar surface area (TPSA) is 74.5 Å². The summed E-state index contributed by atoms with van der Waals surface area (Å²) in [6.45, 7) is 0. The van der Waals surface area contributed by atoms with E-state index in [1.54, 1.807) is 0 Å². The van der Waals surface area contributed by atoms with Crippen LogP contribution < -0.4 is 9.47 Å². The highest BCUT2D eigenvalue weighted by Gasteiger charge is 2.35. The Morgan fingerprint density at radius 2 is 2.17 bits per heavy atom. The zero-order valence-electron chi connectivity index (χ0n) is 8.82. The van der Waals surface area contributed by atoms with Crippen molar-refractivity contribution < 1.29 is 27.6 Å². The zero-order valence-corrected chi connectivity index (χ0v) is 9.58. The Hall–Kier alpha value is -1.77.